The maximum Gasteiger partial charge on any atom is 0.308 e. The van der Waals surface area contributed by atoms with E-state index in [1.165, 1.54) is 0 Å². The summed E-state index contributed by atoms with van der Waals surface area (Å²) in [4.78, 5) is 35.0. The molecule has 1 heterocycles. The van der Waals surface area contributed by atoms with E-state index >= 15 is 0 Å². The first kappa shape index (κ1) is 20.5. The number of rotatable bonds is 10. The summed E-state index contributed by atoms with van der Waals surface area (Å²) in [6.45, 7) is 1.75. The maximum atomic E-state index is 11.9. The lowest BCUT2D eigenvalue weighted by molar-refractivity contribution is -0.141. The van der Waals surface area contributed by atoms with Crippen LogP contribution >= 0.6 is 11.8 Å². The van der Waals surface area contributed by atoms with E-state index in [0.717, 1.165) is 17.3 Å². The van der Waals surface area contributed by atoms with Gasteiger partial charge in [0.25, 0.3) is 0 Å². The fourth-order valence-electron chi connectivity index (χ4n) is 2.27. The van der Waals surface area contributed by atoms with Gasteiger partial charge < -0.3 is 20.3 Å². The molecular formula is C18H21N3O5S. The van der Waals surface area contributed by atoms with Crippen LogP contribution in [0.2, 0.25) is 0 Å². The lowest BCUT2D eigenvalue weighted by atomic mass is 9.99. The molecule has 144 valence electrons. The quantitative estimate of drug-likeness (QED) is 0.564. The van der Waals surface area contributed by atoms with Crippen LogP contribution in [-0.4, -0.2) is 46.1 Å². The van der Waals surface area contributed by atoms with Crippen LogP contribution in [0.4, 0.5) is 5.82 Å². The van der Waals surface area contributed by atoms with E-state index in [0.29, 0.717) is 18.0 Å². The second kappa shape index (κ2) is 10.4. The van der Waals surface area contributed by atoms with Crippen molar-refractivity contribution in [1.29, 1.82) is 0 Å². The molecule has 0 aliphatic rings. The Morgan fingerprint density at radius 3 is 2.52 bits per heavy atom. The van der Waals surface area contributed by atoms with Crippen LogP contribution in [0.15, 0.2) is 40.9 Å². The van der Waals surface area contributed by atoms with E-state index in [1.54, 1.807) is 13.0 Å². The van der Waals surface area contributed by atoms with E-state index in [-0.39, 0.29) is 29.9 Å². The lowest BCUT2D eigenvalue weighted by Gasteiger charge is -2.13. The summed E-state index contributed by atoms with van der Waals surface area (Å²) >= 11 is 1.13. The van der Waals surface area contributed by atoms with E-state index in [1.807, 2.05) is 30.3 Å². The lowest BCUT2D eigenvalue weighted by Crippen LogP contribution is -2.35. The monoisotopic (exact) mass is 391 g/mol. The first-order valence-corrected chi connectivity index (χ1v) is 9.44. The fraction of sp³-hybridized carbons (Fsp3) is 0.333. The molecule has 0 saturated carbocycles. The zero-order valence-corrected chi connectivity index (χ0v) is 15.6. The molecule has 1 unspecified atom stereocenters. The number of hydrogen-bond acceptors (Lipinski definition) is 6. The van der Waals surface area contributed by atoms with E-state index in [9.17, 15) is 19.5 Å². The number of nitrogens with zero attached hydrogens (tertiary/aromatic N) is 1. The number of aryl methyl sites for hydroxylation is 1. The van der Waals surface area contributed by atoms with Crippen LogP contribution in [0.3, 0.4) is 0 Å². The molecule has 3 N–H and O–H groups in total. The number of aliphatic carboxylic acids is 1. The highest BCUT2D eigenvalue weighted by atomic mass is 32.2. The van der Waals surface area contributed by atoms with E-state index < -0.39 is 11.9 Å². The number of benzene rings is 1. The molecule has 0 spiro atoms. The third-order valence-electron chi connectivity index (χ3n) is 3.58. The van der Waals surface area contributed by atoms with Crippen molar-refractivity contribution in [1.82, 2.24) is 10.5 Å². The van der Waals surface area contributed by atoms with Gasteiger partial charge in [0.1, 0.15) is 5.76 Å². The average molecular weight is 391 g/mol. The van der Waals surface area contributed by atoms with Crippen LogP contribution in [0.5, 0.6) is 0 Å². The maximum absolute atomic E-state index is 11.9. The Kier molecular flexibility index (Phi) is 7.87. The summed E-state index contributed by atoms with van der Waals surface area (Å²) < 4.78 is 4.84. The van der Waals surface area contributed by atoms with E-state index in [2.05, 4.69) is 15.8 Å². The SMILES string of the molecule is Cc1cc(NC(=O)CSCC(=O)NCC(Cc2ccccc2)C(=O)O)no1. The largest absolute Gasteiger partial charge is 0.481 e. The van der Waals surface area contributed by atoms with Gasteiger partial charge in [-0.15, -0.1) is 11.8 Å². The predicted molar refractivity (Wildman–Crippen MR) is 101 cm³/mol. The number of carboxylic acid groups (broad SMARTS) is 1. The summed E-state index contributed by atoms with van der Waals surface area (Å²) in [6, 6.07) is 10.8. The zero-order chi connectivity index (χ0) is 19.6. The molecule has 2 amide bonds. The van der Waals surface area contributed by atoms with Crippen molar-refractivity contribution in [3.63, 3.8) is 0 Å². The van der Waals surface area contributed by atoms with Crippen molar-refractivity contribution in [2.24, 2.45) is 5.92 Å². The third kappa shape index (κ3) is 7.53. The Morgan fingerprint density at radius 2 is 1.89 bits per heavy atom. The molecule has 2 aromatic rings. The Bertz CT molecular complexity index is 778. The molecule has 8 nitrogen and oxygen atoms in total. The average Bonchev–Trinajstić information content (AvgIpc) is 3.03. The number of aromatic nitrogens is 1. The smallest absolute Gasteiger partial charge is 0.308 e. The minimum atomic E-state index is -0.964. The van der Waals surface area contributed by atoms with Gasteiger partial charge in [-0.3, -0.25) is 14.4 Å². The van der Waals surface area contributed by atoms with Crippen molar-refractivity contribution in [2.75, 3.05) is 23.4 Å². The minimum Gasteiger partial charge on any atom is -0.481 e. The Hall–Kier alpha value is -2.81. The summed E-state index contributed by atoms with van der Waals surface area (Å²) in [5, 5.41) is 18.1. The highest BCUT2D eigenvalue weighted by molar-refractivity contribution is 8.00. The Morgan fingerprint density at radius 1 is 1.19 bits per heavy atom. The van der Waals surface area contributed by atoms with Crippen LogP contribution in [-0.2, 0) is 20.8 Å². The predicted octanol–water partition coefficient (Wildman–Crippen LogP) is 1.71. The van der Waals surface area contributed by atoms with Gasteiger partial charge in [0, 0.05) is 12.6 Å². The normalized spacial score (nSPS) is 11.6. The zero-order valence-electron chi connectivity index (χ0n) is 14.8. The molecule has 0 fully saturated rings. The number of nitrogens with one attached hydrogen (secondary N) is 2. The second-order valence-electron chi connectivity index (χ2n) is 5.89. The number of hydrogen-bond donors (Lipinski definition) is 3. The molecule has 1 aromatic heterocycles. The number of carbonyl (C=O) groups is 3. The van der Waals surface area contributed by atoms with Crippen molar-refractivity contribution in [3.8, 4) is 0 Å². The number of carboxylic acids is 1. The summed E-state index contributed by atoms with van der Waals surface area (Å²) in [7, 11) is 0. The first-order chi connectivity index (χ1) is 12.9. The van der Waals surface area contributed by atoms with Gasteiger partial charge in [0.15, 0.2) is 5.82 Å². The van der Waals surface area contributed by atoms with Crippen molar-refractivity contribution in [2.45, 2.75) is 13.3 Å². The molecular weight excluding hydrogens is 370 g/mol. The van der Waals surface area contributed by atoms with Gasteiger partial charge in [-0.05, 0) is 18.9 Å². The number of thioether (sulfide) groups is 1. The molecule has 0 aliphatic heterocycles. The first-order valence-electron chi connectivity index (χ1n) is 8.28. The van der Waals surface area contributed by atoms with Crippen LogP contribution in [0, 0.1) is 12.8 Å². The topological polar surface area (TPSA) is 122 Å². The highest BCUT2D eigenvalue weighted by Gasteiger charge is 2.19. The van der Waals surface area contributed by atoms with Gasteiger partial charge >= 0.3 is 5.97 Å². The van der Waals surface area contributed by atoms with Crippen LogP contribution in [0.25, 0.3) is 0 Å². The number of carbonyl (C=O) groups excluding carboxylic acids is 2. The molecule has 0 radical (unpaired) electrons. The molecule has 9 heteroatoms. The van der Waals surface area contributed by atoms with Crippen LogP contribution in [0.1, 0.15) is 11.3 Å². The minimum absolute atomic E-state index is 0.0357. The summed E-state index contributed by atoms with van der Waals surface area (Å²) in [6.07, 6.45) is 0.336. The Labute approximate surface area is 160 Å². The third-order valence-corrected chi connectivity index (χ3v) is 4.51. The van der Waals surface area contributed by atoms with Crippen molar-refractivity contribution < 1.29 is 24.0 Å². The molecule has 0 bridgehead atoms. The fourth-order valence-corrected chi connectivity index (χ4v) is 2.92. The van der Waals surface area contributed by atoms with Gasteiger partial charge in [-0.25, -0.2) is 0 Å². The van der Waals surface area contributed by atoms with Gasteiger partial charge in [0.05, 0.1) is 17.4 Å². The standard InChI is InChI=1S/C18H21N3O5S/c1-12-7-15(21-26-12)20-17(23)11-27-10-16(22)19-9-14(18(24)25)8-13-5-3-2-4-6-13/h2-7,14H,8-11H2,1H3,(H,19,22)(H,24,25)(H,20,21,23). The molecule has 1 aromatic carbocycles. The highest BCUT2D eigenvalue weighted by Crippen LogP contribution is 2.10. The van der Waals surface area contributed by atoms with Gasteiger partial charge in [0.2, 0.25) is 11.8 Å². The van der Waals surface area contributed by atoms with Gasteiger partial charge in [-0.2, -0.15) is 0 Å². The van der Waals surface area contributed by atoms with E-state index in [4.69, 9.17) is 4.52 Å². The molecule has 1 atom stereocenters. The molecule has 2 rings (SSSR count). The Balaban J connectivity index is 1.68. The van der Waals surface area contributed by atoms with Crippen LogP contribution < -0.4 is 10.6 Å². The summed E-state index contributed by atoms with van der Waals surface area (Å²) in [5.41, 5.74) is 0.897. The number of anilines is 1. The molecule has 27 heavy (non-hydrogen) atoms. The second-order valence-corrected chi connectivity index (χ2v) is 6.88. The van der Waals surface area contributed by atoms with Crippen molar-refractivity contribution in [3.05, 3.63) is 47.7 Å². The molecule has 0 aliphatic carbocycles. The van der Waals surface area contributed by atoms with Crippen molar-refractivity contribution >= 4 is 35.4 Å². The summed E-state index contributed by atoms with van der Waals surface area (Å²) in [5.74, 6) is -1.24. The molecule has 0 saturated heterocycles. The number of amides is 2. The van der Waals surface area contributed by atoms with Gasteiger partial charge in [-0.1, -0.05) is 35.5 Å².